The van der Waals surface area contributed by atoms with E-state index in [1.165, 1.54) is 12.1 Å². The lowest BCUT2D eigenvalue weighted by atomic mass is 10.2. The molecule has 2 aromatic carbocycles. The molecule has 2 aromatic rings. The molecule has 1 N–H and O–H groups in total. The third kappa shape index (κ3) is 4.82. The van der Waals surface area contributed by atoms with Gasteiger partial charge in [0.25, 0.3) is 5.91 Å². The zero-order valence-electron chi connectivity index (χ0n) is 14.9. The number of benzene rings is 2. The molecule has 0 fully saturated rings. The molecule has 0 aliphatic carbocycles. The molecule has 0 bridgehead atoms. The number of carbonyl (C=O) groups is 1. The second-order valence-electron chi connectivity index (χ2n) is 6.11. The lowest BCUT2D eigenvalue weighted by Crippen LogP contribution is -2.31. The predicted octanol–water partition coefficient (Wildman–Crippen LogP) is 3.60. The van der Waals surface area contributed by atoms with Gasteiger partial charge in [-0.1, -0.05) is 19.1 Å². The summed E-state index contributed by atoms with van der Waals surface area (Å²) in [6.07, 6.45) is 0.834. The molecule has 0 aromatic heterocycles. The highest BCUT2D eigenvalue weighted by Crippen LogP contribution is 2.22. The summed E-state index contributed by atoms with van der Waals surface area (Å²) in [5.41, 5.74) is 1.91. The first-order valence-corrected chi connectivity index (χ1v) is 9.56. The maximum atomic E-state index is 12.5. The standard InChI is InChI=1S/C19H23NO4S/c1-5-15(4)20-19(21)16-8-10-17(11-9-16)24-25(22,23)18-12-13(2)6-7-14(18)3/h6-12,15H,5H2,1-4H3,(H,20,21)/t15-/m0/s1. The van der Waals surface area contributed by atoms with Gasteiger partial charge in [0, 0.05) is 11.6 Å². The average molecular weight is 361 g/mol. The zero-order chi connectivity index (χ0) is 18.6. The first-order chi connectivity index (χ1) is 11.7. The van der Waals surface area contributed by atoms with Gasteiger partial charge in [-0.25, -0.2) is 0 Å². The summed E-state index contributed by atoms with van der Waals surface area (Å²) in [7, 11) is -3.92. The van der Waals surface area contributed by atoms with Crippen molar-refractivity contribution in [3.05, 3.63) is 59.2 Å². The summed E-state index contributed by atoms with van der Waals surface area (Å²) < 4.78 is 30.2. The van der Waals surface area contributed by atoms with Gasteiger partial charge in [0.05, 0.1) is 0 Å². The predicted molar refractivity (Wildman–Crippen MR) is 97.4 cm³/mol. The van der Waals surface area contributed by atoms with Gasteiger partial charge in [-0.05, 0) is 68.7 Å². The average Bonchev–Trinajstić information content (AvgIpc) is 2.57. The fourth-order valence-electron chi connectivity index (χ4n) is 2.22. The van der Waals surface area contributed by atoms with Crippen LogP contribution in [0.2, 0.25) is 0 Å². The molecule has 1 atom stereocenters. The molecule has 0 radical (unpaired) electrons. The van der Waals surface area contributed by atoms with Crippen LogP contribution in [0, 0.1) is 13.8 Å². The Morgan fingerprint density at radius 2 is 1.76 bits per heavy atom. The smallest absolute Gasteiger partial charge is 0.339 e. The van der Waals surface area contributed by atoms with E-state index in [0.29, 0.717) is 11.1 Å². The molecule has 2 rings (SSSR count). The van der Waals surface area contributed by atoms with Crippen LogP contribution >= 0.6 is 0 Å². The Labute approximate surface area is 149 Å². The van der Waals surface area contributed by atoms with Crippen LogP contribution in [0.25, 0.3) is 0 Å². The van der Waals surface area contributed by atoms with E-state index in [9.17, 15) is 13.2 Å². The molecule has 0 aliphatic rings. The number of amides is 1. The third-order valence-corrected chi connectivity index (χ3v) is 5.32. The number of nitrogens with one attached hydrogen (secondary N) is 1. The van der Waals surface area contributed by atoms with Crippen LogP contribution in [-0.4, -0.2) is 20.4 Å². The van der Waals surface area contributed by atoms with Crippen molar-refractivity contribution in [3.63, 3.8) is 0 Å². The van der Waals surface area contributed by atoms with Crippen molar-refractivity contribution < 1.29 is 17.4 Å². The topological polar surface area (TPSA) is 72.5 Å². The normalized spacial score (nSPS) is 12.5. The van der Waals surface area contributed by atoms with Gasteiger partial charge < -0.3 is 9.50 Å². The molecule has 0 unspecified atom stereocenters. The summed E-state index contributed by atoms with van der Waals surface area (Å²) in [5, 5.41) is 2.86. The summed E-state index contributed by atoms with van der Waals surface area (Å²) in [6.45, 7) is 7.45. The van der Waals surface area contributed by atoms with Crippen LogP contribution < -0.4 is 9.50 Å². The highest BCUT2D eigenvalue weighted by atomic mass is 32.2. The first kappa shape index (κ1) is 19.0. The molecule has 0 spiro atoms. The Morgan fingerprint density at radius 1 is 1.12 bits per heavy atom. The van der Waals surface area contributed by atoms with E-state index < -0.39 is 10.1 Å². The van der Waals surface area contributed by atoms with Crippen molar-refractivity contribution >= 4 is 16.0 Å². The molecule has 5 nitrogen and oxygen atoms in total. The maximum Gasteiger partial charge on any atom is 0.339 e. The van der Waals surface area contributed by atoms with E-state index >= 15 is 0 Å². The SMILES string of the molecule is CC[C@H](C)NC(=O)c1ccc(OS(=O)(=O)c2cc(C)ccc2C)cc1. The molecule has 0 aliphatic heterocycles. The minimum atomic E-state index is -3.92. The van der Waals surface area contributed by atoms with Crippen molar-refractivity contribution in [2.45, 2.75) is 45.1 Å². The summed E-state index contributed by atoms with van der Waals surface area (Å²) in [4.78, 5) is 12.2. The molecule has 6 heteroatoms. The fraction of sp³-hybridized carbons (Fsp3) is 0.316. The second-order valence-corrected chi connectivity index (χ2v) is 7.63. The third-order valence-electron chi connectivity index (χ3n) is 3.93. The maximum absolute atomic E-state index is 12.5. The molecule has 0 saturated heterocycles. The minimum Gasteiger partial charge on any atom is -0.379 e. The fourth-order valence-corrected chi connectivity index (χ4v) is 3.47. The summed E-state index contributed by atoms with van der Waals surface area (Å²) in [6, 6.07) is 11.3. The highest BCUT2D eigenvalue weighted by Gasteiger charge is 2.19. The van der Waals surface area contributed by atoms with E-state index in [0.717, 1.165) is 12.0 Å². The van der Waals surface area contributed by atoms with E-state index in [2.05, 4.69) is 5.32 Å². The van der Waals surface area contributed by atoms with Crippen molar-refractivity contribution in [1.82, 2.24) is 5.32 Å². The minimum absolute atomic E-state index is 0.0769. The van der Waals surface area contributed by atoms with Gasteiger partial charge in [-0.15, -0.1) is 0 Å². The van der Waals surface area contributed by atoms with Gasteiger partial charge in [-0.2, -0.15) is 8.42 Å². The van der Waals surface area contributed by atoms with Crippen molar-refractivity contribution in [2.75, 3.05) is 0 Å². The van der Waals surface area contributed by atoms with Crippen LogP contribution in [0.1, 0.15) is 41.8 Å². The Balaban J connectivity index is 2.18. The number of carbonyl (C=O) groups excluding carboxylic acids is 1. The van der Waals surface area contributed by atoms with Gasteiger partial charge >= 0.3 is 10.1 Å². The van der Waals surface area contributed by atoms with Crippen molar-refractivity contribution in [1.29, 1.82) is 0 Å². The Hall–Kier alpha value is -2.34. The van der Waals surface area contributed by atoms with Crippen LogP contribution in [0.4, 0.5) is 0 Å². The molecule has 1 amide bonds. The molecular weight excluding hydrogens is 338 g/mol. The number of rotatable bonds is 6. The van der Waals surface area contributed by atoms with Gasteiger partial charge in [0.2, 0.25) is 0 Å². The van der Waals surface area contributed by atoms with Crippen LogP contribution in [0.3, 0.4) is 0 Å². The molecule has 0 heterocycles. The zero-order valence-corrected chi connectivity index (χ0v) is 15.7. The Bertz CT molecular complexity index is 857. The van der Waals surface area contributed by atoms with Crippen LogP contribution in [0.15, 0.2) is 47.4 Å². The number of hydrogen-bond donors (Lipinski definition) is 1. The quantitative estimate of drug-likeness (QED) is 0.798. The second kappa shape index (κ2) is 7.70. The van der Waals surface area contributed by atoms with E-state index in [-0.39, 0.29) is 22.6 Å². The molecule has 25 heavy (non-hydrogen) atoms. The van der Waals surface area contributed by atoms with Gasteiger partial charge in [0.1, 0.15) is 10.6 Å². The molecule has 134 valence electrons. The van der Waals surface area contributed by atoms with Crippen LogP contribution in [0.5, 0.6) is 5.75 Å². The molecule has 0 saturated carbocycles. The Morgan fingerprint density at radius 3 is 2.36 bits per heavy atom. The van der Waals surface area contributed by atoms with Crippen molar-refractivity contribution in [3.8, 4) is 5.75 Å². The van der Waals surface area contributed by atoms with E-state index in [4.69, 9.17) is 4.18 Å². The monoisotopic (exact) mass is 361 g/mol. The van der Waals surface area contributed by atoms with Crippen molar-refractivity contribution in [2.24, 2.45) is 0 Å². The molecular formula is C19H23NO4S. The van der Waals surface area contributed by atoms with E-state index in [1.807, 2.05) is 26.8 Å². The lowest BCUT2D eigenvalue weighted by molar-refractivity contribution is 0.0939. The first-order valence-electron chi connectivity index (χ1n) is 8.15. The van der Waals surface area contributed by atoms with E-state index in [1.54, 1.807) is 31.2 Å². The summed E-state index contributed by atoms with van der Waals surface area (Å²) >= 11 is 0. The largest absolute Gasteiger partial charge is 0.379 e. The van der Waals surface area contributed by atoms with Gasteiger partial charge in [-0.3, -0.25) is 4.79 Å². The summed E-state index contributed by atoms with van der Waals surface area (Å²) in [5.74, 6) is -0.0284. The number of hydrogen-bond acceptors (Lipinski definition) is 4. The van der Waals surface area contributed by atoms with Crippen LogP contribution in [-0.2, 0) is 10.1 Å². The van der Waals surface area contributed by atoms with Gasteiger partial charge in [0.15, 0.2) is 0 Å². The lowest BCUT2D eigenvalue weighted by Gasteiger charge is -2.12. The Kier molecular flexibility index (Phi) is 5.85. The highest BCUT2D eigenvalue weighted by molar-refractivity contribution is 7.87. The number of aryl methyl sites for hydroxylation is 2.